The fourth-order valence-electron chi connectivity index (χ4n) is 1.77. The summed E-state index contributed by atoms with van der Waals surface area (Å²) in [4.78, 5) is 22.4. The van der Waals surface area contributed by atoms with Crippen LogP contribution in [0.3, 0.4) is 0 Å². The normalized spacial score (nSPS) is 9.90. The van der Waals surface area contributed by atoms with Gasteiger partial charge in [-0.2, -0.15) is 4.57 Å². The Morgan fingerprint density at radius 3 is 2.52 bits per heavy atom. The Hall–Kier alpha value is -1.62. The van der Waals surface area contributed by atoms with Crippen molar-refractivity contribution < 1.29 is 36.0 Å². The number of carbonyl (C=O) groups excluding carboxylic acids is 2. The Bertz CT molecular complexity index is 463. The highest BCUT2D eigenvalue weighted by atomic mass is 35.5. The first-order valence-electron chi connectivity index (χ1n) is 6.71. The molecule has 0 fully saturated rings. The molecule has 0 amide bonds. The van der Waals surface area contributed by atoms with Gasteiger partial charge in [0.2, 0.25) is 0 Å². The number of ether oxygens (including phenoxy) is 2. The molecule has 0 aliphatic carbocycles. The van der Waals surface area contributed by atoms with Gasteiger partial charge in [-0.25, -0.2) is 0 Å². The Morgan fingerprint density at radius 1 is 1.24 bits per heavy atom. The van der Waals surface area contributed by atoms with Crippen LogP contribution in [-0.2, 0) is 32.2 Å². The van der Waals surface area contributed by atoms with E-state index in [1.54, 1.807) is 0 Å². The number of pyridine rings is 1. The second-order valence-corrected chi connectivity index (χ2v) is 5.05. The smallest absolute Gasteiger partial charge is 0.311 e. The molecule has 0 saturated carbocycles. The van der Waals surface area contributed by atoms with Crippen LogP contribution in [0.4, 0.5) is 0 Å². The SMILES string of the molecule is COC(=O)CCC(=O)OC[n+]1cccc(CC(C)C)c1.[Cl-]. The molecule has 5 nitrogen and oxygen atoms in total. The van der Waals surface area contributed by atoms with Crippen LogP contribution in [0, 0.1) is 5.92 Å². The maximum atomic E-state index is 11.5. The first kappa shape index (κ1) is 19.4. The maximum Gasteiger partial charge on any atom is 0.311 e. The van der Waals surface area contributed by atoms with Crippen molar-refractivity contribution in [2.75, 3.05) is 7.11 Å². The summed E-state index contributed by atoms with van der Waals surface area (Å²) in [5.74, 6) is -0.237. The van der Waals surface area contributed by atoms with Gasteiger partial charge in [0, 0.05) is 11.6 Å². The topological polar surface area (TPSA) is 56.5 Å². The molecule has 0 N–H and O–H groups in total. The fraction of sp³-hybridized carbons (Fsp3) is 0.533. The largest absolute Gasteiger partial charge is 1.00 e. The molecule has 0 radical (unpaired) electrons. The molecule has 6 heteroatoms. The van der Waals surface area contributed by atoms with Crippen molar-refractivity contribution in [3.8, 4) is 0 Å². The highest BCUT2D eigenvalue weighted by molar-refractivity contribution is 5.77. The number of nitrogens with zero attached hydrogens (tertiary/aromatic N) is 1. The van der Waals surface area contributed by atoms with Crippen molar-refractivity contribution in [3.63, 3.8) is 0 Å². The number of carbonyl (C=O) groups is 2. The summed E-state index contributed by atoms with van der Waals surface area (Å²) in [7, 11) is 1.30. The van der Waals surface area contributed by atoms with Crippen molar-refractivity contribution >= 4 is 11.9 Å². The molecule has 0 aliphatic rings. The Kier molecular flexibility index (Phi) is 9.37. The lowest BCUT2D eigenvalue weighted by molar-refractivity contribution is -0.728. The third kappa shape index (κ3) is 8.30. The monoisotopic (exact) mass is 315 g/mol. The molecule has 1 heterocycles. The summed E-state index contributed by atoms with van der Waals surface area (Å²) in [5.41, 5.74) is 1.20. The molecular formula is C15H22ClNO4. The fourth-order valence-corrected chi connectivity index (χ4v) is 1.77. The zero-order valence-corrected chi connectivity index (χ0v) is 13.4. The van der Waals surface area contributed by atoms with Crippen molar-refractivity contribution in [2.24, 2.45) is 5.92 Å². The van der Waals surface area contributed by atoms with Gasteiger partial charge < -0.3 is 21.9 Å². The molecule has 0 saturated heterocycles. The van der Waals surface area contributed by atoms with E-state index in [9.17, 15) is 9.59 Å². The van der Waals surface area contributed by atoms with E-state index >= 15 is 0 Å². The zero-order chi connectivity index (χ0) is 15.0. The molecule has 0 aliphatic heterocycles. The van der Waals surface area contributed by atoms with Gasteiger partial charge in [-0.1, -0.05) is 13.8 Å². The summed E-state index contributed by atoms with van der Waals surface area (Å²) in [6.07, 6.45) is 4.88. The molecular weight excluding hydrogens is 294 g/mol. The molecule has 0 aromatic carbocycles. The number of hydrogen-bond donors (Lipinski definition) is 0. The van der Waals surface area contributed by atoms with Crippen LogP contribution in [0.5, 0.6) is 0 Å². The summed E-state index contributed by atoms with van der Waals surface area (Å²) >= 11 is 0. The minimum atomic E-state index is -0.409. The second kappa shape index (κ2) is 10.2. The lowest BCUT2D eigenvalue weighted by Crippen LogP contribution is -3.00. The minimum absolute atomic E-state index is 0. The molecule has 0 spiro atoms. The Labute approximate surface area is 131 Å². The number of methoxy groups -OCH3 is 1. The van der Waals surface area contributed by atoms with Gasteiger partial charge in [-0.15, -0.1) is 0 Å². The third-order valence-corrected chi connectivity index (χ3v) is 2.70. The quantitative estimate of drug-likeness (QED) is 0.460. The summed E-state index contributed by atoms with van der Waals surface area (Å²) in [5, 5.41) is 0. The number of halogens is 1. The van der Waals surface area contributed by atoms with Gasteiger partial charge >= 0.3 is 11.9 Å². The predicted molar refractivity (Wildman–Crippen MR) is 72.5 cm³/mol. The van der Waals surface area contributed by atoms with Crippen LogP contribution in [0.2, 0.25) is 0 Å². The van der Waals surface area contributed by atoms with Gasteiger partial charge in [0.15, 0.2) is 12.4 Å². The van der Waals surface area contributed by atoms with E-state index in [1.807, 2.05) is 23.0 Å². The maximum absolute atomic E-state index is 11.5. The third-order valence-electron chi connectivity index (χ3n) is 2.70. The van der Waals surface area contributed by atoms with E-state index < -0.39 is 11.9 Å². The van der Waals surface area contributed by atoms with E-state index in [2.05, 4.69) is 24.7 Å². The van der Waals surface area contributed by atoms with Crippen LogP contribution in [0.25, 0.3) is 0 Å². The minimum Gasteiger partial charge on any atom is -1.00 e. The summed E-state index contributed by atoms with van der Waals surface area (Å²) in [6.45, 7) is 4.47. The van der Waals surface area contributed by atoms with E-state index in [1.165, 1.54) is 12.7 Å². The lowest BCUT2D eigenvalue weighted by Gasteiger charge is -2.04. The first-order valence-corrected chi connectivity index (χ1v) is 6.71. The van der Waals surface area contributed by atoms with Crippen LogP contribution < -0.4 is 17.0 Å². The van der Waals surface area contributed by atoms with Gasteiger partial charge in [0.1, 0.15) is 0 Å². The van der Waals surface area contributed by atoms with Crippen LogP contribution in [0.1, 0.15) is 32.3 Å². The molecule has 118 valence electrons. The van der Waals surface area contributed by atoms with Gasteiger partial charge in [-0.3, -0.25) is 9.59 Å². The van der Waals surface area contributed by atoms with E-state index in [0.29, 0.717) is 5.92 Å². The Morgan fingerprint density at radius 2 is 1.90 bits per heavy atom. The number of esters is 2. The van der Waals surface area contributed by atoms with Crippen LogP contribution in [-0.4, -0.2) is 19.0 Å². The number of rotatable bonds is 7. The molecule has 0 bridgehead atoms. The van der Waals surface area contributed by atoms with Crippen molar-refractivity contribution in [3.05, 3.63) is 30.1 Å². The number of hydrogen-bond acceptors (Lipinski definition) is 4. The van der Waals surface area contributed by atoms with Gasteiger partial charge in [-0.05, 0) is 18.4 Å². The molecule has 1 aromatic heterocycles. The Balaban J connectivity index is 0.00000400. The van der Waals surface area contributed by atoms with E-state index in [-0.39, 0.29) is 32.0 Å². The lowest BCUT2D eigenvalue weighted by atomic mass is 10.1. The average Bonchev–Trinajstić information content (AvgIpc) is 2.42. The standard InChI is InChI=1S/C15H22NO4.ClH/c1-12(2)9-13-5-4-8-16(10-13)11-20-15(18)7-6-14(17)19-3;/h4-5,8,10,12H,6-7,9,11H2,1-3H3;1H/q+1;/p-1. The highest BCUT2D eigenvalue weighted by Crippen LogP contribution is 2.04. The average molecular weight is 316 g/mol. The zero-order valence-electron chi connectivity index (χ0n) is 12.7. The van der Waals surface area contributed by atoms with Crippen LogP contribution in [0.15, 0.2) is 24.5 Å². The predicted octanol–water partition coefficient (Wildman–Crippen LogP) is -1.37. The van der Waals surface area contributed by atoms with Crippen LogP contribution >= 0.6 is 0 Å². The summed E-state index contributed by atoms with van der Waals surface area (Å²) in [6, 6.07) is 3.98. The molecule has 0 unspecified atom stereocenters. The van der Waals surface area contributed by atoms with Crippen molar-refractivity contribution in [1.82, 2.24) is 0 Å². The molecule has 1 aromatic rings. The van der Waals surface area contributed by atoms with Crippen molar-refractivity contribution in [1.29, 1.82) is 0 Å². The second-order valence-electron chi connectivity index (χ2n) is 5.05. The molecule has 0 atom stereocenters. The first-order chi connectivity index (χ1) is 9.51. The highest BCUT2D eigenvalue weighted by Gasteiger charge is 2.11. The molecule has 1 rings (SSSR count). The van der Waals surface area contributed by atoms with E-state index in [0.717, 1.165) is 6.42 Å². The van der Waals surface area contributed by atoms with E-state index in [4.69, 9.17) is 4.74 Å². The van der Waals surface area contributed by atoms with Crippen molar-refractivity contribution in [2.45, 2.75) is 39.8 Å². The van der Waals surface area contributed by atoms with Gasteiger partial charge in [0.05, 0.1) is 20.0 Å². The summed E-state index contributed by atoms with van der Waals surface area (Å²) < 4.78 is 11.4. The molecule has 21 heavy (non-hydrogen) atoms. The number of aromatic nitrogens is 1. The van der Waals surface area contributed by atoms with Gasteiger partial charge in [0.25, 0.3) is 6.73 Å².